The fourth-order valence-electron chi connectivity index (χ4n) is 3.57. The van der Waals surface area contributed by atoms with Crippen molar-refractivity contribution in [3.63, 3.8) is 0 Å². The number of furan rings is 1. The second-order valence-electron chi connectivity index (χ2n) is 7.40. The van der Waals surface area contributed by atoms with Crippen LogP contribution >= 0.6 is 0 Å². The van der Waals surface area contributed by atoms with Crippen LogP contribution in [0.2, 0.25) is 0 Å². The Morgan fingerprint density at radius 3 is 2.55 bits per heavy atom. The van der Waals surface area contributed by atoms with Crippen molar-refractivity contribution in [3.8, 4) is 0 Å². The van der Waals surface area contributed by atoms with Gasteiger partial charge in [0.1, 0.15) is 11.8 Å². The zero-order chi connectivity index (χ0) is 21.0. The molecule has 1 N–H and O–H groups in total. The summed E-state index contributed by atoms with van der Waals surface area (Å²) in [5.41, 5.74) is 0.448. The minimum absolute atomic E-state index is 0.0887. The van der Waals surface area contributed by atoms with Gasteiger partial charge in [-0.1, -0.05) is 18.6 Å². The van der Waals surface area contributed by atoms with Crippen LogP contribution in [0.1, 0.15) is 49.2 Å². The van der Waals surface area contributed by atoms with E-state index < -0.39 is 16.1 Å². The van der Waals surface area contributed by atoms with Crippen molar-refractivity contribution in [1.82, 2.24) is 9.62 Å². The summed E-state index contributed by atoms with van der Waals surface area (Å²) in [5, 5.41) is 2.92. The molecule has 0 spiro atoms. The number of sulfonamides is 1. The van der Waals surface area contributed by atoms with Gasteiger partial charge in [0, 0.05) is 24.6 Å². The Morgan fingerprint density at radius 1 is 1.21 bits per heavy atom. The van der Waals surface area contributed by atoms with Crippen LogP contribution in [-0.2, 0) is 21.2 Å². The summed E-state index contributed by atoms with van der Waals surface area (Å²) in [4.78, 5) is 24.4. The molecule has 1 fully saturated rings. The number of hydrogen-bond donors (Lipinski definition) is 1. The van der Waals surface area contributed by atoms with Gasteiger partial charge in [-0.15, -0.1) is 0 Å². The van der Waals surface area contributed by atoms with E-state index in [4.69, 9.17) is 4.42 Å². The second-order valence-corrected chi connectivity index (χ2v) is 9.29. The van der Waals surface area contributed by atoms with Crippen LogP contribution in [-0.4, -0.2) is 43.0 Å². The van der Waals surface area contributed by atoms with Gasteiger partial charge in [-0.05, 0) is 51.0 Å². The van der Waals surface area contributed by atoms with E-state index in [1.807, 2.05) is 13.0 Å². The third-order valence-corrected chi connectivity index (χ3v) is 7.02. The largest absolute Gasteiger partial charge is 0.469 e. The van der Waals surface area contributed by atoms with Gasteiger partial charge in [-0.25, -0.2) is 8.42 Å². The monoisotopic (exact) mass is 418 g/mol. The van der Waals surface area contributed by atoms with Crippen LogP contribution in [0, 0.1) is 0 Å². The molecule has 3 rings (SSSR count). The summed E-state index contributed by atoms with van der Waals surface area (Å²) in [6.07, 6.45) is 4.09. The smallest absolute Gasteiger partial charge is 0.243 e. The number of nitrogens with zero attached hydrogens (tertiary/aromatic N) is 1. The Hall–Kier alpha value is -2.45. The third kappa shape index (κ3) is 4.94. The number of ketones is 1. The van der Waals surface area contributed by atoms with Crippen molar-refractivity contribution in [2.45, 2.75) is 56.5 Å². The van der Waals surface area contributed by atoms with Crippen LogP contribution in [0.5, 0.6) is 0 Å². The lowest BCUT2D eigenvalue weighted by atomic mass is 10.0. The van der Waals surface area contributed by atoms with E-state index in [1.165, 1.54) is 35.5 Å². The van der Waals surface area contributed by atoms with Crippen LogP contribution < -0.4 is 5.32 Å². The van der Waals surface area contributed by atoms with E-state index in [-0.39, 0.29) is 22.6 Å². The van der Waals surface area contributed by atoms with Crippen LogP contribution in [0.4, 0.5) is 0 Å². The summed E-state index contributed by atoms with van der Waals surface area (Å²) in [6.45, 7) is 3.59. The molecule has 2 unspecified atom stereocenters. The average Bonchev–Trinajstić information content (AvgIpc) is 3.20. The maximum Gasteiger partial charge on any atom is 0.243 e. The quantitative estimate of drug-likeness (QED) is 0.698. The van der Waals surface area contributed by atoms with Crippen molar-refractivity contribution in [2.24, 2.45) is 0 Å². The minimum atomic E-state index is -3.84. The van der Waals surface area contributed by atoms with Gasteiger partial charge < -0.3 is 9.73 Å². The summed E-state index contributed by atoms with van der Waals surface area (Å²) >= 11 is 0. The third-order valence-electron chi connectivity index (χ3n) is 5.10. The lowest BCUT2D eigenvalue weighted by molar-refractivity contribution is -0.126. The number of carbonyl (C=O) groups is 2. The number of amides is 1. The van der Waals surface area contributed by atoms with E-state index in [1.54, 1.807) is 12.3 Å². The Bertz CT molecular complexity index is 951. The molecule has 1 aromatic carbocycles. The number of nitrogens with one attached hydrogen (secondary N) is 1. The number of carbonyl (C=O) groups excluding carboxylic acids is 2. The highest BCUT2D eigenvalue weighted by Gasteiger charge is 2.38. The highest BCUT2D eigenvalue weighted by atomic mass is 32.2. The molecule has 0 aliphatic carbocycles. The summed E-state index contributed by atoms with van der Waals surface area (Å²) in [5.74, 6) is 0.332. The first kappa shape index (κ1) is 21.3. The molecule has 1 amide bonds. The lowest BCUT2D eigenvalue weighted by Crippen LogP contribution is -2.53. The first-order valence-corrected chi connectivity index (χ1v) is 11.2. The normalized spacial score (nSPS) is 18.9. The minimum Gasteiger partial charge on any atom is -0.469 e. The number of Topliss-reactive ketones (excluding diaryl/α,β-unsaturated/α-hetero) is 1. The summed E-state index contributed by atoms with van der Waals surface area (Å²) in [7, 11) is -3.84. The molecule has 8 heteroatoms. The zero-order valence-corrected chi connectivity index (χ0v) is 17.4. The Kier molecular flexibility index (Phi) is 6.54. The highest BCUT2D eigenvalue weighted by molar-refractivity contribution is 7.89. The van der Waals surface area contributed by atoms with Crippen LogP contribution in [0.3, 0.4) is 0 Å². The number of hydrogen-bond acceptors (Lipinski definition) is 5. The standard InChI is InChI=1S/C21H26N2O5S/c1-15(14-18-6-5-13-28-18)22-21(25)20-7-3-4-12-23(20)29(26,27)19-10-8-17(9-11-19)16(2)24/h5-6,8-11,13,15,20H,3-4,7,12,14H2,1-2H3,(H,22,25). The van der Waals surface area contributed by atoms with Crippen molar-refractivity contribution in [2.75, 3.05) is 6.54 Å². The molecule has 0 radical (unpaired) electrons. The fraction of sp³-hybridized carbons (Fsp3) is 0.429. The molecule has 0 bridgehead atoms. The maximum absolute atomic E-state index is 13.2. The van der Waals surface area contributed by atoms with Gasteiger partial charge in [0.15, 0.2) is 5.78 Å². The SMILES string of the molecule is CC(=O)c1ccc(S(=O)(=O)N2CCCCC2C(=O)NC(C)Cc2ccco2)cc1. The first-order valence-electron chi connectivity index (χ1n) is 9.74. The molecule has 0 saturated carbocycles. The molecule has 1 aliphatic heterocycles. The van der Waals surface area contributed by atoms with E-state index in [2.05, 4.69) is 5.32 Å². The van der Waals surface area contributed by atoms with Gasteiger partial charge in [-0.3, -0.25) is 9.59 Å². The van der Waals surface area contributed by atoms with Gasteiger partial charge in [0.25, 0.3) is 0 Å². The molecule has 2 heterocycles. The molecule has 1 saturated heterocycles. The highest BCUT2D eigenvalue weighted by Crippen LogP contribution is 2.26. The molecule has 1 aliphatic rings. The van der Waals surface area contributed by atoms with E-state index >= 15 is 0 Å². The zero-order valence-electron chi connectivity index (χ0n) is 16.6. The summed E-state index contributed by atoms with van der Waals surface area (Å²) in [6, 6.07) is 8.54. The maximum atomic E-state index is 13.2. The van der Waals surface area contributed by atoms with Crippen molar-refractivity contribution in [3.05, 3.63) is 54.0 Å². The first-order chi connectivity index (χ1) is 13.8. The fourth-order valence-corrected chi connectivity index (χ4v) is 5.23. The van der Waals surface area contributed by atoms with E-state index in [9.17, 15) is 18.0 Å². The van der Waals surface area contributed by atoms with Crippen molar-refractivity contribution >= 4 is 21.7 Å². The molecule has 156 valence electrons. The van der Waals surface area contributed by atoms with Gasteiger partial charge in [-0.2, -0.15) is 4.31 Å². The molecule has 29 heavy (non-hydrogen) atoms. The Morgan fingerprint density at radius 2 is 1.93 bits per heavy atom. The molecule has 2 aromatic rings. The van der Waals surface area contributed by atoms with Gasteiger partial charge in [0.05, 0.1) is 11.2 Å². The molecular weight excluding hydrogens is 392 g/mol. The number of benzene rings is 1. The van der Waals surface area contributed by atoms with Gasteiger partial charge in [0.2, 0.25) is 15.9 Å². The number of piperidine rings is 1. The van der Waals surface area contributed by atoms with Crippen molar-refractivity contribution < 1.29 is 22.4 Å². The second kappa shape index (κ2) is 8.92. The topological polar surface area (TPSA) is 96.7 Å². The van der Waals surface area contributed by atoms with Crippen LogP contribution in [0.25, 0.3) is 0 Å². The van der Waals surface area contributed by atoms with Crippen molar-refractivity contribution in [1.29, 1.82) is 0 Å². The average molecular weight is 419 g/mol. The summed E-state index contributed by atoms with van der Waals surface area (Å²) < 4.78 is 32.9. The van der Waals surface area contributed by atoms with Crippen LogP contribution in [0.15, 0.2) is 52.0 Å². The lowest BCUT2D eigenvalue weighted by Gasteiger charge is -2.34. The van der Waals surface area contributed by atoms with Gasteiger partial charge >= 0.3 is 0 Å². The molecular formula is C21H26N2O5S. The Labute approximate surface area is 171 Å². The van der Waals surface area contributed by atoms with E-state index in [0.717, 1.165) is 12.2 Å². The molecule has 2 atom stereocenters. The van der Waals surface area contributed by atoms with E-state index in [0.29, 0.717) is 31.4 Å². The predicted octanol–water partition coefficient (Wildman–Crippen LogP) is 2.77. The Balaban J connectivity index is 1.75. The predicted molar refractivity (Wildman–Crippen MR) is 108 cm³/mol. The number of rotatable bonds is 7. The molecule has 7 nitrogen and oxygen atoms in total. The molecule has 1 aromatic heterocycles.